The molecule has 4 unspecified atom stereocenters. The van der Waals surface area contributed by atoms with Gasteiger partial charge in [-0.2, -0.15) is 0 Å². The number of aliphatic hydroxyl groups excluding tert-OH is 1. The Morgan fingerprint density at radius 1 is 1.21 bits per heavy atom. The van der Waals surface area contributed by atoms with Crippen molar-refractivity contribution in [1.82, 2.24) is 10.2 Å². The third-order valence-corrected chi connectivity index (χ3v) is 4.83. The Morgan fingerprint density at radius 2 is 1.95 bits per heavy atom. The third kappa shape index (κ3) is 4.18. The molecule has 0 aromatic carbocycles. The number of amides is 1. The number of carbonyl (C=O) groups excluding carboxylic acids is 1. The molecule has 1 heterocycles. The van der Waals surface area contributed by atoms with Gasteiger partial charge in [-0.05, 0) is 37.6 Å². The molecule has 0 aromatic heterocycles. The highest BCUT2D eigenvalue weighted by Gasteiger charge is 2.27. The number of β-amino-alcohol motifs (C(OH)–C–C–N with tert-alkyl or cyclic N) is 1. The van der Waals surface area contributed by atoms with E-state index in [-0.39, 0.29) is 12.0 Å². The number of rotatable bonds is 3. The van der Waals surface area contributed by atoms with E-state index in [9.17, 15) is 9.90 Å². The molecule has 1 aliphatic carbocycles. The van der Waals surface area contributed by atoms with E-state index in [4.69, 9.17) is 0 Å². The van der Waals surface area contributed by atoms with Gasteiger partial charge in [-0.15, -0.1) is 0 Å². The highest BCUT2D eigenvalue weighted by Crippen LogP contribution is 2.23. The Bertz CT molecular complexity index is 309. The third-order valence-electron chi connectivity index (χ3n) is 4.83. The lowest BCUT2D eigenvalue weighted by atomic mass is 9.86. The lowest BCUT2D eigenvalue weighted by Gasteiger charge is -2.35. The molecule has 1 saturated heterocycles. The Morgan fingerprint density at radius 3 is 2.63 bits per heavy atom. The van der Waals surface area contributed by atoms with Crippen LogP contribution in [0.4, 0.5) is 0 Å². The lowest BCUT2D eigenvalue weighted by molar-refractivity contribution is -0.124. The maximum atomic E-state index is 12.1. The summed E-state index contributed by atoms with van der Waals surface area (Å²) in [7, 11) is 0. The van der Waals surface area contributed by atoms with Crippen LogP contribution in [0.15, 0.2) is 0 Å². The van der Waals surface area contributed by atoms with Crippen LogP contribution in [0.1, 0.15) is 46.0 Å². The summed E-state index contributed by atoms with van der Waals surface area (Å²) in [6.07, 6.45) is 5.57. The summed E-state index contributed by atoms with van der Waals surface area (Å²) in [4.78, 5) is 14.2. The first-order valence-corrected chi connectivity index (χ1v) is 7.76. The van der Waals surface area contributed by atoms with Gasteiger partial charge in [0.1, 0.15) is 0 Å². The smallest absolute Gasteiger partial charge is 0.234 e. The first-order chi connectivity index (χ1) is 9.06. The second-order valence-electron chi connectivity index (χ2n) is 6.50. The molecule has 19 heavy (non-hydrogen) atoms. The van der Waals surface area contributed by atoms with Gasteiger partial charge in [0.15, 0.2) is 0 Å². The Hall–Kier alpha value is -0.610. The van der Waals surface area contributed by atoms with Gasteiger partial charge in [-0.1, -0.05) is 26.7 Å². The molecule has 1 aliphatic heterocycles. The van der Waals surface area contributed by atoms with Gasteiger partial charge in [0, 0.05) is 12.6 Å². The molecule has 2 aliphatic rings. The number of likely N-dealkylation sites (tertiary alicyclic amines) is 1. The van der Waals surface area contributed by atoms with Gasteiger partial charge < -0.3 is 10.4 Å². The molecule has 2 N–H and O–H groups in total. The van der Waals surface area contributed by atoms with Crippen molar-refractivity contribution in [2.24, 2.45) is 11.8 Å². The average Bonchev–Trinajstić information content (AvgIpc) is 2.37. The number of hydrogen-bond donors (Lipinski definition) is 2. The van der Waals surface area contributed by atoms with Gasteiger partial charge in [0.05, 0.1) is 12.6 Å². The Balaban J connectivity index is 1.75. The van der Waals surface area contributed by atoms with Crippen LogP contribution in [-0.4, -0.2) is 47.7 Å². The molecule has 4 nitrogen and oxygen atoms in total. The van der Waals surface area contributed by atoms with Gasteiger partial charge >= 0.3 is 0 Å². The maximum absolute atomic E-state index is 12.1. The monoisotopic (exact) mass is 268 g/mol. The minimum Gasteiger partial charge on any atom is -0.392 e. The number of aliphatic hydroxyl groups is 1. The molecule has 0 aromatic rings. The van der Waals surface area contributed by atoms with E-state index in [1.54, 1.807) is 0 Å². The fourth-order valence-electron chi connectivity index (χ4n) is 3.24. The molecule has 110 valence electrons. The molecule has 1 saturated carbocycles. The van der Waals surface area contributed by atoms with Crippen LogP contribution in [0, 0.1) is 11.8 Å². The zero-order chi connectivity index (χ0) is 13.8. The van der Waals surface area contributed by atoms with Crippen molar-refractivity contribution in [3.05, 3.63) is 0 Å². The summed E-state index contributed by atoms with van der Waals surface area (Å²) in [5, 5.41) is 13.0. The van der Waals surface area contributed by atoms with Crippen molar-refractivity contribution in [1.29, 1.82) is 0 Å². The first kappa shape index (κ1) is 14.8. The van der Waals surface area contributed by atoms with Crippen molar-refractivity contribution in [3.8, 4) is 0 Å². The first-order valence-electron chi connectivity index (χ1n) is 7.76. The van der Waals surface area contributed by atoms with Crippen LogP contribution >= 0.6 is 0 Å². The number of carbonyl (C=O) groups is 1. The van der Waals surface area contributed by atoms with Crippen molar-refractivity contribution >= 4 is 5.91 Å². The molecular formula is C15H28N2O2. The molecule has 1 amide bonds. The predicted molar refractivity (Wildman–Crippen MR) is 75.8 cm³/mol. The summed E-state index contributed by atoms with van der Waals surface area (Å²) < 4.78 is 0. The molecular weight excluding hydrogens is 240 g/mol. The summed E-state index contributed by atoms with van der Waals surface area (Å²) in [5.74, 6) is 1.09. The van der Waals surface area contributed by atoms with Crippen molar-refractivity contribution in [2.75, 3.05) is 19.6 Å². The van der Waals surface area contributed by atoms with Crippen molar-refractivity contribution in [2.45, 2.75) is 58.1 Å². The van der Waals surface area contributed by atoms with Crippen molar-refractivity contribution in [3.63, 3.8) is 0 Å². The summed E-state index contributed by atoms with van der Waals surface area (Å²) in [5.41, 5.74) is 0. The molecule has 2 rings (SSSR count). The van der Waals surface area contributed by atoms with Gasteiger partial charge in [0.25, 0.3) is 0 Å². The van der Waals surface area contributed by atoms with Crippen LogP contribution in [-0.2, 0) is 4.79 Å². The van der Waals surface area contributed by atoms with Crippen molar-refractivity contribution < 1.29 is 9.90 Å². The average molecular weight is 268 g/mol. The summed E-state index contributed by atoms with van der Waals surface area (Å²) in [6.45, 7) is 6.30. The van der Waals surface area contributed by atoms with Crippen LogP contribution in [0.3, 0.4) is 0 Å². The molecule has 0 bridgehead atoms. The number of nitrogens with one attached hydrogen (secondary N) is 1. The maximum Gasteiger partial charge on any atom is 0.234 e. The minimum absolute atomic E-state index is 0.125. The summed E-state index contributed by atoms with van der Waals surface area (Å²) in [6, 6.07) is 0.356. The molecule has 4 heteroatoms. The fourth-order valence-corrected chi connectivity index (χ4v) is 3.24. The van der Waals surface area contributed by atoms with E-state index < -0.39 is 0 Å². The van der Waals surface area contributed by atoms with Crippen LogP contribution in [0.25, 0.3) is 0 Å². The van der Waals surface area contributed by atoms with E-state index in [2.05, 4.69) is 24.1 Å². The highest BCUT2D eigenvalue weighted by atomic mass is 16.3. The quantitative estimate of drug-likeness (QED) is 0.813. The predicted octanol–water partition coefficient (Wildman–Crippen LogP) is 1.38. The Kier molecular flexibility index (Phi) is 5.22. The second-order valence-corrected chi connectivity index (χ2v) is 6.50. The molecule has 0 radical (unpaired) electrons. The fraction of sp³-hybridized carbons (Fsp3) is 0.933. The van der Waals surface area contributed by atoms with Crippen LogP contribution in [0.5, 0.6) is 0 Å². The molecule has 2 fully saturated rings. The SMILES string of the molecule is CC1CCN(CC(=O)NC2CCCCC2C)CC1O. The second kappa shape index (κ2) is 6.71. The Labute approximate surface area is 116 Å². The van der Waals surface area contributed by atoms with Gasteiger partial charge in [-0.3, -0.25) is 9.69 Å². The molecule has 4 atom stereocenters. The van der Waals surface area contributed by atoms with E-state index in [0.29, 0.717) is 31.0 Å². The van der Waals surface area contributed by atoms with Gasteiger partial charge in [-0.25, -0.2) is 0 Å². The zero-order valence-corrected chi connectivity index (χ0v) is 12.3. The minimum atomic E-state index is -0.282. The van der Waals surface area contributed by atoms with E-state index in [0.717, 1.165) is 19.4 Å². The highest BCUT2D eigenvalue weighted by molar-refractivity contribution is 5.78. The topological polar surface area (TPSA) is 52.6 Å². The number of hydrogen-bond acceptors (Lipinski definition) is 3. The standard InChI is InChI=1S/C15H28N2O2/c1-11-5-3-4-6-13(11)16-15(19)10-17-8-7-12(2)14(18)9-17/h11-14,18H,3-10H2,1-2H3,(H,16,19). The van der Waals surface area contributed by atoms with E-state index >= 15 is 0 Å². The zero-order valence-electron chi connectivity index (χ0n) is 12.3. The lowest BCUT2D eigenvalue weighted by Crippen LogP contribution is -2.49. The number of nitrogens with zero attached hydrogens (tertiary/aromatic N) is 1. The van der Waals surface area contributed by atoms with Crippen LogP contribution < -0.4 is 5.32 Å². The van der Waals surface area contributed by atoms with E-state index in [1.165, 1.54) is 19.3 Å². The largest absolute Gasteiger partial charge is 0.392 e. The molecule has 0 spiro atoms. The van der Waals surface area contributed by atoms with Gasteiger partial charge in [0.2, 0.25) is 5.91 Å². The number of piperidine rings is 1. The summed E-state index contributed by atoms with van der Waals surface area (Å²) >= 11 is 0. The normalized spacial score (nSPS) is 37.0. The van der Waals surface area contributed by atoms with E-state index in [1.807, 2.05) is 0 Å². The van der Waals surface area contributed by atoms with Crippen LogP contribution in [0.2, 0.25) is 0 Å².